The number of nitrogens with one attached hydrogen (secondary N) is 1. The van der Waals surface area contributed by atoms with Gasteiger partial charge in [-0.3, -0.25) is 4.98 Å². The fourth-order valence-corrected chi connectivity index (χ4v) is 4.34. The number of pyridine rings is 2. The van der Waals surface area contributed by atoms with Gasteiger partial charge in [-0.15, -0.1) is 0 Å². The lowest BCUT2D eigenvalue weighted by molar-refractivity contribution is 0.475. The highest BCUT2D eigenvalue weighted by atomic mass is 32.1. The van der Waals surface area contributed by atoms with Gasteiger partial charge in [-0.25, -0.2) is 4.98 Å². The molecular weight excluding hydrogens is 406 g/mol. The number of hydrogen-bond donors (Lipinski definition) is 2. The number of nitrogens with zero attached hydrogens (tertiary/aromatic N) is 4. The minimum absolute atomic E-state index is 0.151. The van der Waals surface area contributed by atoms with Crippen molar-refractivity contribution in [3.63, 3.8) is 0 Å². The number of aryl methyl sites for hydroxylation is 1. The summed E-state index contributed by atoms with van der Waals surface area (Å²) in [6.07, 6.45) is 5.67. The van der Waals surface area contributed by atoms with Gasteiger partial charge in [0.05, 0.1) is 11.7 Å². The minimum atomic E-state index is -0.162. The largest absolute Gasteiger partial charge is 0.508 e. The average molecular weight is 428 g/mol. The van der Waals surface area contributed by atoms with Crippen LogP contribution in [0.1, 0.15) is 29.0 Å². The molecule has 1 aliphatic heterocycles. The molecule has 0 bridgehead atoms. The van der Waals surface area contributed by atoms with Crippen molar-refractivity contribution in [3.8, 4) is 11.6 Å². The molecule has 7 heteroatoms. The average Bonchev–Trinajstić information content (AvgIpc) is 3.40. The molecule has 6 nitrogen and oxygen atoms in total. The molecule has 2 unspecified atom stereocenters. The predicted molar refractivity (Wildman–Crippen MR) is 124 cm³/mol. The molecule has 5 rings (SSSR count). The van der Waals surface area contributed by atoms with Gasteiger partial charge in [0.25, 0.3) is 0 Å². The molecule has 1 saturated heterocycles. The molecule has 154 valence electrons. The Kier molecular flexibility index (Phi) is 4.88. The van der Waals surface area contributed by atoms with Gasteiger partial charge >= 0.3 is 0 Å². The van der Waals surface area contributed by atoms with Crippen LogP contribution in [0, 0.1) is 6.92 Å². The second kappa shape index (κ2) is 7.85. The predicted octanol–water partition coefficient (Wildman–Crippen LogP) is 4.46. The van der Waals surface area contributed by atoms with Gasteiger partial charge in [-0.1, -0.05) is 12.1 Å². The minimum Gasteiger partial charge on any atom is -0.508 e. The molecule has 3 aromatic heterocycles. The maximum Gasteiger partial charge on any atom is 0.174 e. The van der Waals surface area contributed by atoms with Gasteiger partial charge in [0.15, 0.2) is 5.11 Å². The summed E-state index contributed by atoms with van der Waals surface area (Å²) >= 11 is 5.76. The first-order chi connectivity index (χ1) is 15.1. The van der Waals surface area contributed by atoms with E-state index in [2.05, 4.69) is 36.9 Å². The Morgan fingerprint density at radius 1 is 0.968 bits per heavy atom. The second-order valence-corrected chi connectivity index (χ2v) is 7.90. The van der Waals surface area contributed by atoms with E-state index < -0.39 is 0 Å². The molecule has 2 N–H and O–H groups in total. The monoisotopic (exact) mass is 427 g/mol. The number of phenols is 1. The fraction of sp³-hybridized carbons (Fsp3) is 0.125. The Bertz CT molecular complexity index is 1200. The quantitative estimate of drug-likeness (QED) is 0.469. The van der Waals surface area contributed by atoms with Crippen LogP contribution in [0.4, 0.5) is 5.69 Å². The summed E-state index contributed by atoms with van der Waals surface area (Å²) in [5, 5.41) is 13.8. The highest BCUT2D eigenvalue weighted by Crippen LogP contribution is 2.42. The third kappa shape index (κ3) is 3.53. The van der Waals surface area contributed by atoms with Crippen molar-refractivity contribution < 1.29 is 5.11 Å². The molecule has 0 amide bonds. The maximum absolute atomic E-state index is 9.77. The lowest BCUT2D eigenvalue weighted by atomic mass is 10.0. The van der Waals surface area contributed by atoms with Crippen LogP contribution in [-0.4, -0.2) is 24.8 Å². The highest BCUT2D eigenvalue weighted by molar-refractivity contribution is 7.80. The first-order valence-corrected chi connectivity index (χ1v) is 10.4. The SMILES string of the molecule is Cc1ccc(-n2cccc2C2C(c3ccccn3)NC(=S)N2c2ccc(O)cc2)nc1. The van der Waals surface area contributed by atoms with Crippen LogP contribution < -0.4 is 10.2 Å². The zero-order valence-electron chi connectivity index (χ0n) is 16.9. The lowest BCUT2D eigenvalue weighted by Gasteiger charge is -2.28. The van der Waals surface area contributed by atoms with Crippen molar-refractivity contribution in [2.45, 2.75) is 19.0 Å². The van der Waals surface area contributed by atoms with Gasteiger partial charge in [-0.05, 0) is 79.3 Å². The number of hydrogen-bond acceptors (Lipinski definition) is 4. The summed E-state index contributed by atoms with van der Waals surface area (Å²) in [5.41, 5.74) is 3.94. The molecule has 0 radical (unpaired) electrons. The first kappa shape index (κ1) is 19.3. The van der Waals surface area contributed by atoms with E-state index in [0.29, 0.717) is 5.11 Å². The molecule has 4 heterocycles. The molecule has 0 aliphatic carbocycles. The number of rotatable bonds is 4. The van der Waals surface area contributed by atoms with Crippen molar-refractivity contribution in [1.29, 1.82) is 0 Å². The number of benzene rings is 1. The first-order valence-electron chi connectivity index (χ1n) is 10.0. The molecule has 4 aromatic rings. The standard InChI is InChI=1S/C24H21N5OS/c1-16-7-12-21(26-15-16)28-14-4-6-20(28)23-22(19-5-2-3-13-25-19)27-24(31)29(23)17-8-10-18(30)11-9-17/h2-15,22-23,30H,1H3,(H,27,31). The molecule has 0 saturated carbocycles. The summed E-state index contributed by atoms with van der Waals surface area (Å²) < 4.78 is 2.09. The Balaban J connectivity index is 1.66. The van der Waals surface area contributed by atoms with Gasteiger partial charge < -0.3 is 19.9 Å². The molecule has 2 atom stereocenters. The number of aromatic nitrogens is 3. The van der Waals surface area contributed by atoms with E-state index >= 15 is 0 Å². The van der Waals surface area contributed by atoms with Crippen molar-refractivity contribution >= 4 is 23.0 Å². The summed E-state index contributed by atoms with van der Waals surface area (Å²) in [7, 11) is 0. The number of thiocarbonyl (C=S) groups is 1. The van der Waals surface area contributed by atoms with Crippen molar-refractivity contribution in [2.75, 3.05) is 4.90 Å². The summed E-state index contributed by atoms with van der Waals surface area (Å²) in [6.45, 7) is 2.02. The normalized spacial score (nSPS) is 18.2. The van der Waals surface area contributed by atoms with Crippen LogP contribution >= 0.6 is 12.2 Å². The van der Waals surface area contributed by atoms with Gasteiger partial charge in [0.1, 0.15) is 17.6 Å². The van der Waals surface area contributed by atoms with Crippen molar-refractivity contribution in [1.82, 2.24) is 19.9 Å². The third-order valence-corrected chi connectivity index (χ3v) is 5.77. The van der Waals surface area contributed by atoms with Crippen LogP contribution in [0.3, 0.4) is 0 Å². The third-order valence-electron chi connectivity index (χ3n) is 5.45. The van der Waals surface area contributed by atoms with E-state index in [1.807, 2.05) is 61.8 Å². The summed E-state index contributed by atoms with van der Waals surface area (Å²) in [4.78, 5) is 11.3. The molecule has 1 aromatic carbocycles. The Hall–Kier alpha value is -3.71. The molecule has 1 fully saturated rings. The lowest BCUT2D eigenvalue weighted by Crippen LogP contribution is -2.30. The molecule has 0 spiro atoms. The van der Waals surface area contributed by atoms with Crippen LogP contribution in [-0.2, 0) is 0 Å². The van der Waals surface area contributed by atoms with Crippen LogP contribution in [0.2, 0.25) is 0 Å². The fourth-order valence-electron chi connectivity index (χ4n) is 3.99. The number of aromatic hydroxyl groups is 1. The van der Waals surface area contributed by atoms with E-state index in [-0.39, 0.29) is 17.8 Å². The Morgan fingerprint density at radius 2 is 1.81 bits per heavy atom. The van der Waals surface area contributed by atoms with Gasteiger partial charge in [0, 0.05) is 30.0 Å². The van der Waals surface area contributed by atoms with Crippen LogP contribution in [0.25, 0.3) is 5.82 Å². The molecular formula is C24H21N5OS. The molecule has 1 aliphatic rings. The topological polar surface area (TPSA) is 66.2 Å². The van der Waals surface area contributed by atoms with Gasteiger partial charge in [0.2, 0.25) is 0 Å². The van der Waals surface area contributed by atoms with Crippen molar-refractivity contribution in [2.24, 2.45) is 0 Å². The maximum atomic E-state index is 9.77. The second-order valence-electron chi connectivity index (χ2n) is 7.51. The Labute approximate surface area is 185 Å². The van der Waals surface area contributed by atoms with Crippen LogP contribution in [0.15, 0.2) is 85.3 Å². The van der Waals surface area contributed by atoms with Gasteiger partial charge in [-0.2, -0.15) is 0 Å². The van der Waals surface area contributed by atoms with E-state index in [4.69, 9.17) is 12.2 Å². The zero-order valence-corrected chi connectivity index (χ0v) is 17.7. The molecule has 31 heavy (non-hydrogen) atoms. The number of phenolic OH excluding ortho intramolecular Hbond substituents is 1. The zero-order chi connectivity index (χ0) is 21.4. The van der Waals surface area contributed by atoms with Crippen LogP contribution in [0.5, 0.6) is 5.75 Å². The van der Waals surface area contributed by atoms with E-state index in [0.717, 1.165) is 28.5 Å². The van der Waals surface area contributed by atoms with E-state index in [9.17, 15) is 5.11 Å². The summed E-state index contributed by atoms with van der Waals surface area (Å²) in [5.74, 6) is 1.06. The smallest absolute Gasteiger partial charge is 0.174 e. The van der Waals surface area contributed by atoms with E-state index in [1.165, 1.54) is 0 Å². The number of anilines is 1. The Morgan fingerprint density at radius 3 is 2.52 bits per heavy atom. The van der Waals surface area contributed by atoms with Crippen molar-refractivity contribution in [3.05, 3.63) is 102 Å². The van der Waals surface area contributed by atoms with E-state index in [1.54, 1.807) is 18.3 Å². The highest BCUT2D eigenvalue weighted by Gasteiger charge is 2.42. The summed E-state index contributed by atoms with van der Waals surface area (Å²) in [6, 6.07) is 20.8.